The molecule has 2 fully saturated rings. The van der Waals surface area contributed by atoms with Crippen LogP contribution in [0.1, 0.15) is 19.3 Å². The molecule has 0 aromatic heterocycles. The lowest BCUT2D eigenvalue weighted by Gasteiger charge is -2.20. The number of nitrogens with one attached hydrogen (secondary N) is 2. The van der Waals surface area contributed by atoms with Crippen molar-refractivity contribution in [2.45, 2.75) is 31.3 Å². The van der Waals surface area contributed by atoms with E-state index in [1.165, 1.54) is 32.4 Å². The van der Waals surface area contributed by atoms with E-state index < -0.39 is 0 Å². The minimum Gasteiger partial charge on any atom is -0.358 e. The van der Waals surface area contributed by atoms with Crippen molar-refractivity contribution in [2.24, 2.45) is 0 Å². The van der Waals surface area contributed by atoms with E-state index in [0.717, 1.165) is 0 Å². The summed E-state index contributed by atoms with van der Waals surface area (Å²) in [5.41, 5.74) is 0. The molecule has 0 aromatic carbocycles. The minimum absolute atomic E-state index is 0.0847. The Kier molecular flexibility index (Phi) is 3.03. The Labute approximate surface area is 85.0 Å². The van der Waals surface area contributed by atoms with Crippen molar-refractivity contribution in [2.75, 3.05) is 26.7 Å². The van der Waals surface area contributed by atoms with Crippen LogP contribution in [0.4, 0.5) is 0 Å². The lowest BCUT2D eigenvalue weighted by molar-refractivity contribution is -0.119. The highest BCUT2D eigenvalue weighted by Gasteiger charge is 2.36. The third kappa shape index (κ3) is 1.91. The van der Waals surface area contributed by atoms with Gasteiger partial charge in [-0.2, -0.15) is 0 Å². The first kappa shape index (κ1) is 9.93. The van der Waals surface area contributed by atoms with E-state index in [-0.39, 0.29) is 5.91 Å². The summed E-state index contributed by atoms with van der Waals surface area (Å²) in [6, 6.07) is 1.23. The zero-order chi connectivity index (χ0) is 9.97. The van der Waals surface area contributed by atoms with Crippen LogP contribution in [-0.2, 0) is 4.79 Å². The molecule has 0 aromatic rings. The molecule has 0 saturated carbocycles. The average Bonchev–Trinajstić information content (AvgIpc) is 2.76. The van der Waals surface area contributed by atoms with Gasteiger partial charge in [-0.1, -0.05) is 0 Å². The fourth-order valence-corrected chi connectivity index (χ4v) is 2.63. The van der Waals surface area contributed by atoms with Crippen molar-refractivity contribution in [3.05, 3.63) is 0 Å². The molecule has 2 rings (SSSR count). The molecule has 2 saturated heterocycles. The number of nitrogens with zero attached hydrogens (tertiary/aromatic N) is 1. The second-order valence-corrected chi connectivity index (χ2v) is 4.19. The van der Waals surface area contributed by atoms with Crippen LogP contribution in [0, 0.1) is 0 Å². The van der Waals surface area contributed by atoms with Gasteiger partial charge in [0.1, 0.15) is 0 Å². The number of hydrogen-bond acceptors (Lipinski definition) is 3. The van der Waals surface area contributed by atoms with Crippen LogP contribution in [0.25, 0.3) is 0 Å². The maximum atomic E-state index is 11.1. The lowest BCUT2D eigenvalue weighted by atomic mass is 10.1. The van der Waals surface area contributed by atoms with Crippen LogP contribution in [0.5, 0.6) is 0 Å². The number of rotatable bonds is 3. The predicted octanol–water partition coefficient (Wildman–Crippen LogP) is -0.441. The van der Waals surface area contributed by atoms with Crippen LogP contribution in [0.2, 0.25) is 0 Å². The summed E-state index contributed by atoms with van der Waals surface area (Å²) in [6.07, 6.45) is 3.82. The van der Waals surface area contributed by atoms with Gasteiger partial charge >= 0.3 is 0 Å². The van der Waals surface area contributed by atoms with E-state index in [0.29, 0.717) is 18.6 Å². The SMILES string of the molecule is CNC(=O)CNC1CCN2CCCC12. The Morgan fingerprint density at radius 2 is 2.29 bits per heavy atom. The Hall–Kier alpha value is -0.610. The summed E-state index contributed by atoms with van der Waals surface area (Å²) >= 11 is 0. The van der Waals surface area contributed by atoms with E-state index in [9.17, 15) is 4.79 Å². The quantitative estimate of drug-likeness (QED) is 0.644. The molecule has 2 heterocycles. The summed E-state index contributed by atoms with van der Waals surface area (Å²) in [6.45, 7) is 2.92. The molecule has 0 bridgehead atoms. The van der Waals surface area contributed by atoms with Crippen LogP contribution >= 0.6 is 0 Å². The van der Waals surface area contributed by atoms with Gasteiger partial charge in [0, 0.05) is 25.7 Å². The van der Waals surface area contributed by atoms with Gasteiger partial charge in [-0.25, -0.2) is 0 Å². The second kappa shape index (κ2) is 4.28. The van der Waals surface area contributed by atoms with Gasteiger partial charge < -0.3 is 10.6 Å². The van der Waals surface area contributed by atoms with E-state index in [4.69, 9.17) is 0 Å². The number of likely N-dealkylation sites (N-methyl/N-ethyl adjacent to an activating group) is 1. The van der Waals surface area contributed by atoms with Gasteiger partial charge in [0.25, 0.3) is 0 Å². The van der Waals surface area contributed by atoms with E-state index >= 15 is 0 Å². The largest absolute Gasteiger partial charge is 0.358 e. The highest BCUT2D eigenvalue weighted by Crippen LogP contribution is 2.27. The Balaban J connectivity index is 1.78. The van der Waals surface area contributed by atoms with Crippen LogP contribution in [0.3, 0.4) is 0 Å². The predicted molar refractivity (Wildman–Crippen MR) is 55.1 cm³/mol. The standard InChI is InChI=1S/C10H19N3O/c1-11-10(14)7-12-8-4-6-13-5-2-3-9(8)13/h8-9,12H,2-7H2,1H3,(H,11,14). The minimum atomic E-state index is 0.0847. The maximum Gasteiger partial charge on any atom is 0.233 e. The molecule has 4 nitrogen and oxygen atoms in total. The second-order valence-electron chi connectivity index (χ2n) is 4.19. The summed E-state index contributed by atoms with van der Waals surface area (Å²) in [7, 11) is 1.68. The van der Waals surface area contributed by atoms with Crippen molar-refractivity contribution in [3.63, 3.8) is 0 Å². The molecule has 4 heteroatoms. The molecule has 2 unspecified atom stereocenters. The molecule has 0 spiro atoms. The fourth-order valence-electron chi connectivity index (χ4n) is 2.63. The molecular formula is C10H19N3O. The topological polar surface area (TPSA) is 44.4 Å². The lowest BCUT2D eigenvalue weighted by Crippen LogP contribution is -2.43. The number of fused-ring (bicyclic) bond motifs is 1. The Morgan fingerprint density at radius 3 is 3.07 bits per heavy atom. The van der Waals surface area contributed by atoms with Gasteiger partial charge in [0.05, 0.1) is 6.54 Å². The van der Waals surface area contributed by atoms with Gasteiger partial charge in [-0.3, -0.25) is 9.69 Å². The van der Waals surface area contributed by atoms with E-state index in [1.54, 1.807) is 7.05 Å². The Bertz CT molecular complexity index is 219. The van der Waals surface area contributed by atoms with Gasteiger partial charge in [-0.15, -0.1) is 0 Å². The normalized spacial score (nSPS) is 31.8. The summed E-state index contributed by atoms with van der Waals surface area (Å²) in [4.78, 5) is 13.6. The number of hydrogen-bond donors (Lipinski definition) is 2. The molecule has 2 aliphatic heterocycles. The molecule has 80 valence electrons. The molecule has 2 atom stereocenters. The van der Waals surface area contributed by atoms with Crippen LogP contribution in [0.15, 0.2) is 0 Å². The third-order valence-electron chi connectivity index (χ3n) is 3.41. The fraction of sp³-hybridized carbons (Fsp3) is 0.900. The van der Waals surface area contributed by atoms with Crippen molar-refractivity contribution >= 4 is 5.91 Å². The molecule has 2 N–H and O–H groups in total. The highest BCUT2D eigenvalue weighted by atomic mass is 16.1. The van der Waals surface area contributed by atoms with Gasteiger partial charge in [0.15, 0.2) is 0 Å². The van der Waals surface area contributed by atoms with Crippen molar-refractivity contribution in [1.29, 1.82) is 0 Å². The first-order chi connectivity index (χ1) is 6.81. The first-order valence-electron chi connectivity index (χ1n) is 5.49. The monoisotopic (exact) mass is 197 g/mol. The smallest absolute Gasteiger partial charge is 0.233 e. The third-order valence-corrected chi connectivity index (χ3v) is 3.41. The van der Waals surface area contributed by atoms with Crippen molar-refractivity contribution in [1.82, 2.24) is 15.5 Å². The van der Waals surface area contributed by atoms with Gasteiger partial charge in [0.2, 0.25) is 5.91 Å². The van der Waals surface area contributed by atoms with Crippen molar-refractivity contribution < 1.29 is 4.79 Å². The summed E-state index contributed by atoms with van der Waals surface area (Å²) in [5.74, 6) is 0.0847. The molecule has 14 heavy (non-hydrogen) atoms. The van der Waals surface area contributed by atoms with Crippen molar-refractivity contribution in [3.8, 4) is 0 Å². The molecule has 0 aliphatic carbocycles. The van der Waals surface area contributed by atoms with E-state index in [1.807, 2.05) is 0 Å². The molecule has 1 amide bonds. The average molecular weight is 197 g/mol. The van der Waals surface area contributed by atoms with E-state index in [2.05, 4.69) is 15.5 Å². The molecule has 0 radical (unpaired) electrons. The van der Waals surface area contributed by atoms with Gasteiger partial charge in [-0.05, 0) is 25.8 Å². The summed E-state index contributed by atoms with van der Waals surface area (Å²) in [5, 5.41) is 5.98. The molecular weight excluding hydrogens is 178 g/mol. The zero-order valence-corrected chi connectivity index (χ0v) is 8.75. The highest BCUT2D eigenvalue weighted by molar-refractivity contribution is 5.77. The Morgan fingerprint density at radius 1 is 1.43 bits per heavy atom. The number of carbonyl (C=O) groups excluding carboxylic acids is 1. The van der Waals surface area contributed by atoms with Crippen LogP contribution < -0.4 is 10.6 Å². The maximum absolute atomic E-state index is 11.1. The summed E-state index contributed by atoms with van der Waals surface area (Å²) < 4.78 is 0. The zero-order valence-electron chi connectivity index (χ0n) is 8.75. The van der Waals surface area contributed by atoms with Crippen LogP contribution in [-0.4, -0.2) is 49.6 Å². The number of carbonyl (C=O) groups is 1. The number of amides is 1. The first-order valence-corrected chi connectivity index (χ1v) is 5.49. The molecule has 2 aliphatic rings.